The minimum absolute atomic E-state index is 0.104. The van der Waals surface area contributed by atoms with Gasteiger partial charge in [-0.15, -0.1) is 0 Å². The molecule has 1 aromatic rings. The van der Waals surface area contributed by atoms with E-state index in [4.69, 9.17) is 0 Å². The van der Waals surface area contributed by atoms with E-state index in [1.54, 1.807) is 18.3 Å². The summed E-state index contributed by atoms with van der Waals surface area (Å²) in [7, 11) is 0. The summed E-state index contributed by atoms with van der Waals surface area (Å²) in [5.41, 5.74) is -0.858. The Labute approximate surface area is 125 Å². The van der Waals surface area contributed by atoms with Crippen molar-refractivity contribution in [1.29, 1.82) is 0 Å². The molecule has 21 heavy (non-hydrogen) atoms. The van der Waals surface area contributed by atoms with Crippen molar-refractivity contribution in [2.45, 2.75) is 57.1 Å². The number of aromatic nitrogens is 1. The van der Waals surface area contributed by atoms with Gasteiger partial charge in [-0.25, -0.2) is 0 Å². The normalized spacial score (nSPS) is 18.0. The molecule has 0 radical (unpaired) electrons. The molecule has 0 spiro atoms. The highest BCUT2D eigenvalue weighted by atomic mass is 16.3. The van der Waals surface area contributed by atoms with Crippen LogP contribution in [-0.4, -0.2) is 27.7 Å². The van der Waals surface area contributed by atoms with Crippen molar-refractivity contribution >= 4 is 5.91 Å². The first-order valence-electron chi connectivity index (χ1n) is 7.74. The standard InChI is InChI=1S/C16H24N2O3/c19-14(8-12-18-11-6-3-7-15(18)20)17-13-16(21)9-4-1-2-5-10-16/h3,6-7,11,21H,1-2,4-5,8-10,12-13H2,(H,17,19). The van der Waals surface area contributed by atoms with Crippen molar-refractivity contribution in [3.05, 3.63) is 34.7 Å². The second kappa shape index (κ2) is 7.41. The fourth-order valence-corrected chi connectivity index (χ4v) is 2.78. The molecule has 0 aromatic carbocycles. The molecule has 1 fully saturated rings. The van der Waals surface area contributed by atoms with Gasteiger partial charge in [0.25, 0.3) is 5.56 Å². The van der Waals surface area contributed by atoms with Crippen LogP contribution in [0.25, 0.3) is 0 Å². The maximum Gasteiger partial charge on any atom is 0.250 e. The SMILES string of the molecule is O=C(CCn1ccccc1=O)NCC1(O)CCCCCC1. The molecule has 1 saturated carbocycles. The Morgan fingerprint density at radius 3 is 2.62 bits per heavy atom. The number of carbonyl (C=O) groups is 1. The van der Waals surface area contributed by atoms with Gasteiger partial charge in [0.05, 0.1) is 5.60 Å². The van der Waals surface area contributed by atoms with Crippen molar-refractivity contribution in [2.75, 3.05) is 6.54 Å². The molecule has 0 bridgehead atoms. The van der Waals surface area contributed by atoms with Crippen LogP contribution in [0.3, 0.4) is 0 Å². The number of amides is 1. The first-order valence-corrected chi connectivity index (χ1v) is 7.74. The van der Waals surface area contributed by atoms with Crippen LogP contribution in [0.2, 0.25) is 0 Å². The number of aliphatic hydroxyl groups is 1. The Hall–Kier alpha value is -1.62. The summed E-state index contributed by atoms with van der Waals surface area (Å²) < 4.78 is 1.51. The van der Waals surface area contributed by atoms with Gasteiger partial charge in [0.15, 0.2) is 0 Å². The lowest BCUT2D eigenvalue weighted by Crippen LogP contribution is -2.42. The molecule has 1 heterocycles. The predicted octanol–water partition coefficient (Wildman–Crippen LogP) is 1.44. The predicted molar refractivity (Wildman–Crippen MR) is 81.0 cm³/mol. The van der Waals surface area contributed by atoms with Gasteiger partial charge in [-0.3, -0.25) is 9.59 Å². The highest BCUT2D eigenvalue weighted by molar-refractivity contribution is 5.75. The molecule has 2 N–H and O–H groups in total. The second-order valence-corrected chi connectivity index (χ2v) is 5.90. The van der Waals surface area contributed by atoms with Crippen LogP contribution in [-0.2, 0) is 11.3 Å². The molecule has 1 aliphatic carbocycles. The number of hydrogen-bond acceptors (Lipinski definition) is 3. The monoisotopic (exact) mass is 292 g/mol. The van der Waals surface area contributed by atoms with Gasteiger partial charge in [0.1, 0.15) is 0 Å². The summed E-state index contributed by atoms with van der Waals surface area (Å²) in [6.07, 6.45) is 7.79. The van der Waals surface area contributed by atoms with Crippen LogP contribution in [0.4, 0.5) is 0 Å². The summed E-state index contributed by atoms with van der Waals surface area (Å²) in [5, 5.41) is 13.3. The molecule has 1 aromatic heterocycles. The molecule has 116 valence electrons. The second-order valence-electron chi connectivity index (χ2n) is 5.90. The first kappa shape index (κ1) is 15.8. The minimum atomic E-state index is -0.754. The topological polar surface area (TPSA) is 71.3 Å². The lowest BCUT2D eigenvalue weighted by atomic mass is 9.94. The summed E-state index contributed by atoms with van der Waals surface area (Å²) in [6, 6.07) is 4.93. The van der Waals surface area contributed by atoms with Crippen molar-refractivity contribution in [3.63, 3.8) is 0 Å². The van der Waals surface area contributed by atoms with Crippen LogP contribution in [0, 0.1) is 0 Å². The Morgan fingerprint density at radius 2 is 1.95 bits per heavy atom. The van der Waals surface area contributed by atoms with Crippen LogP contribution in [0.1, 0.15) is 44.9 Å². The number of pyridine rings is 1. The Bertz CT molecular complexity index is 516. The minimum Gasteiger partial charge on any atom is -0.388 e. The van der Waals surface area contributed by atoms with Gasteiger partial charge >= 0.3 is 0 Å². The molecule has 1 amide bonds. The zero-order valence-corrected chi connectivity index (χ0v) is 12.4. The van der Waals surface area contributed by atoms with Gasteiger partial charge in [-0.05, 0) is 18.9 Å². The highest BCUT2D eigenvalue weighted by Crippen LogP contribution is 2.26. The quantitative estimate of drug-likeness (QED) is 0.807. The van der Waals surface area contributed by atoms with Crippen LogP contribution < -0.4 is 10.9 Å². The average molecular weight is 292 g/mol. The molecule has 0 unspecified atom stereocenters. The molecule has 0 atom stereocenters. The maximum absolute atomic E-state index is 11.9. The van der Waals surface area contributed by atoms with Crippen molar-refractivity contribution in [1.82, 2.24) is 9.88 Å². The summed E-state index contributed by atoms with van der Waals surface area (Å²) in [5.74, 6) is -0.122. The molecule has 5 heteroatoms. The summed E-state index contributed by atoms with van der Waals surface area (Å²) in [4.78, 5) is 23.4. The zero-order chi connectivity index (χ0) is 15.1. The van der Waals surface area contributed by atoms with Gasteiger partial charge in [0, 0.05) is 31.8 Å². The maximum atomic E-state index is 11.9. The number of rotatable bonds is 5. The third-order valence-electron chi connectivity index (χ3n) is 4.13. The van der Waals surface area contributed by atoms with E-state index >= 15 is 0 Å². The van der Waals surface area contributed by atoms with Gasteiger partial charge in [-0.2, -0.15) is 0 Å². The van der Waals surface area contributed by atoms with E-state index in [9.17, 15) is 14.7 Å². The van der Waals surface area contributed by atoms with E-state index in [-0.39, 0.29) is 17.9 Å². The molecule has 0 saturated heterocycles. The molecule has 1 aliphatic rings. The van der Waals surface area contributed by atoms with Crippen molar-refractivity contribution in [2.24, 2.45) is 0 Å². The Kier molecular flexibility index (Phi) is 5.56. The van der Waals surface area contributed by atoms with E-state index < -0.39 is 5.60 Å². The van der Waals surface area contributed by atoms with Gasteiger partial charge in [0.2, 0.25) is 5.91 Å². The van der Waals surface area contributed by atoms with E-state index in [1.807, 2.05) is 0 Å². The van der Waals surface area contributed by atoms with E-state index in [0.717, 1.165) is 38.5 Å². The third kappa shape index (κ3) is 5.01. The van der Waals surface area contributed by atoms with Gasteiger partial charge in [-0.1, -0.05) is 31.7 Å². The Balaban J connectivity index is 1.77. The van der Waals surface area contributed by atoms with E-state index in [1.165, 1.54) is 10.6 Å². The van der Waals surface area contributed by atoms with Gasteiger partial charge < -0.3 is 15.0 Å². The van der Waals surface area contributed by atoms with Crippen LogP contribution in [0.5, 0.6) is 0 Å². The summed E-state index contributed by atoms with van der Waals surface area (Å²) >= 11 is 0. The highest BCUT2D eigenvalue weighted by Gasteiger charge is 2.28. The Morgan fingerprint density at radius 1 is 1.24 bits per heavy atom. The number of aryl methyl sites for hydroxylation is 1. The largest absolute Gasteiger partial charge is 0.388 e. The molecule has 2 rings (SSSR count). The molecule has 0 aliphatic heterocycles. The molecular formula is C16H24N2O3. The van der Waals surface area contributed by atoms with Crippen molar-refractivity contribution < 1.29 is 9.90 Å². The third-order valence-corrected chi connectivity index (χ3v) is 4.13. The van der Waals surface area contributed by atoms with E-state index in [2.05, 4.69) is 5.32 Å². The first-order chi connectivity index (χ1) is 10.1. The van der Waals surface area contributed by atoms with Crippen molar-refractivity contribution in [3.8, 4) is 0 Å². The fourth-order valence-electron chi connectivity index (χ4n) is 2.78. The smallest absolute Gasteiger partial charge is 0.250 e. The summed E-state index contributed by atoms with van der Waals surface area (Å²) in [6.45, 7) is 0.680. The zero-order valence-electron chi connectivity index (χ0n) is 12.4. The fraction of sp³-hybridized carbons (Fsp3) is 0.625. The lowest BCUT2D eigenvalue weighted by Gasteiger charge is -2.26. The number of nitrogens with zero attached hydrogens (tertiary/aromatic N) is 1. The number of hydrogen-bond donors (Lipinski definition) is 2. The van der Waals surface area contributed by atoms with Crippen LogP contribution >= 0.6 is 0 Å². The lowest BCUT2D eigenvalue weighted by molar-refractivity contribution is -0.122. The molecule has 5 nitrogen and oxygen atoms in total. The molecular weight excluding hydrogens is 268 g/mol. The number of carbonyl (C=O) groups excluding carboxylic acids is 1. The number of nitrogens with one attached hydrogen (secondary N) is 1. The van der Waals surface area contributed by atoms with Crippen LogP contribution in [0.15, 0.2) is 29.2 Å². The average Bonchev–Trinajstić information content (AvgIpc) is 2.70. The van der Waals surface area contributed by atoms with E-state index in [0.29, 0.717) is 13.1 Å².